The molecule has 0 bridgehead atoms. The molecule has 3 atom stereocenters. The fraction of sp³-hybridized carbons (Fsp3) is 0.375. The van der Waals surface area contributed by atoms with Crippen LogP contribution >= 0.6 is 0 Å². The van der Waals surface area contributed by atoms with Gasteiger partial charge in [-0.15, -0.1) is 0 Å². The van der Waals surface area contributed by atoms with Crippen LogP contribution in [0.15, 0.2) is 53.1 Å². The van der Waals surface area contributed by atoms with Crippen molar-refractivity contribution >= 4 is 0 Å². The van der Waals surface area contributed by atoms with Gasteiger partial charge in [-0.1, -0.05) is 30.3 Å². The molecule has 1 aromatic heterocycles. The summed E-state index contributed by atoms with van der Waals surface area (Å²) in [7, 11) is 0. The van der Waals surface area contributed by atoms with E-state index in [9.17, 15) is 5.11 Å². The van der Waals surface area contributed by atoms with Gasteiger partial charge in [0.25, 0.3) is 0 Å². The van der Waals surface area contributed by atoms with Crippen molar-refractivity contribution in [3.8, 4) is 0 Å². The molecule has 4 heteroatoms. The highest BCUT2D eigenvalue weighted by Crippen LogP contribution is 2.43. The lowest BCUT2D eigenvalue weighted by atomic mass is 9.99. The lowest BCUT2D eigenvalue weighted by Crippen LogP contribution is -2.26. The van der Waals surface area contributed by atoms with E-state index in [1.165, 1.54) is 6.26 Å². The third kappa shape index (κ3) is 2.50. The van der Waals surface area contributed by atoms with Crippen LogP contribution in [0, 0.1) is 0 Å². The summed E-state index contributed by atoms with van der Waals surface area (Å²) in [4.78, 5) is 0. The molecule has 1 saturated heterocycles. The molecule has 106 valence electrons. The zero-order valence-corrected chi connectivity index (χ0v) is 11.5. The maximum Gasteiger partial charge on any atom is 0.164 e. The molecule has 0 aliphatic carbocycles. The van der Waals surface area contributed by atoms with Crippen molar-refractivity contribution in [3.05, 3.63) is 60.1 Å². The normalized spacial score (nSPS) is 26.6. The molecule has 0 amide bonds. The Morgan fingerprint density at radius 2 is 1.80 bits per heavy atom. The van der Waals surface area contributed by atoms with Crippen molar-refractivity contribution in [3.63, 3.8) is 0 Å². The summed E-state index contributed by atoms with van der Waals surface area (Å²) in [5.74, 6) is -0.254. The Labute approximate surface area is 117 Å². The Morgan fingerprint density at radius 3 is 2.45 bits per heavy atom. The van der Waals surface area contributed by atoms with Gasteiger partial charge in [-0.3, -0.25) is 0 Å². The predicted octanol–water partition coefficient (Wildman–Crippen LogP) is 3.21. The minimum Gasteiger partial charge on any atom is -0.466 e. The Hall–Kier alpha value is -1.62. The van der Waals surface area contributed by atoms with Gasteiger partial charge in [0.05, 0.1) is 6.26 Å². The predicted molar refractivity (Wildman–Crippen MR) is 72.9 cm³/mol. The molecule has 1 aliphatic rings. The molecule has 20 heavy (non-hydrogen) atoms. The SMILES string of the molecule is CC1(C)O[C@@H]([C@H](O)c2ccco2)[C@@H](c2ccccc2)O1. The van der Waals surface area contributed by atoms with Gasteiger partial charge < -0.3 is 19.0 Å². The second-order valence-electron chi connectivity index (χ2n) is 5.39. The Bertz CT molecular complexity index is 547. The molecule has 0 saturated carbocycles. The number of benzene rings is 1. The first kappa shape index (κ1) is 13.4. The molecule has 1 fully saturated rings. The minimum absolute atomic E-state index is 0.328. The van der Waals surface area contributed by atoms with Crippen molar-refractivity contribution in [2.75, 3.05) is 0 Å². The smallest absolute Gasteiger partial charge is 0.164 e. The fourth-order valence-corrected chi connectivity index (χ4v) is 2.54. The van der Waals surface area contributed by atoms with E-state index < -0.39 is 18.0 Å². The monoisotopic (exact) mass is 274 g/mol. The van der Waals surface area contributed by atoms with Crippen LogP contribution in [0.3, 0.4) is 0 Å². The quantitative estimate of drug-likeness (QED) is 0.933. The van der Waals surface area contributed by atoms with Crippen molar-refractivity contribution < 1.29 is 19.0 Å². The van der Waals surface area contributed by atoms with Crippen LogP contribution < -0.4 is 0 Å². The summed E-state index contributed by atoms with van der Waals surface area (Å²) < 4.78 is 17.1. The number of hydrogen-bond donors (Lipinski definition) is 1. The van der Waals surface area contributed by atoms with E-state index in [2.05, 4.69) is 0 Å². The highest BCUT2D eigenvalue weighted by atomic mass is 16.8. The molecule has 1 aromatic carbocycles. The summed E-state index contributed by atoms with van der Waals surface area (Å²) in [5, 5.41) is 10.5. The maximum atomic E-state index is 10.5. The Morgan fingerprint density at radius 1 is 1.05 bits per heavy atom. The summed E-state index contributed by atoms with van der Waals surface area (Å²) in [6.07, 6.45) is -0.154. The van der Waals surface area contributed by atoms with Crippen molar-refractivity contribution in [2.45, 2.75) is 37.9 Å². The summed E-state index contributed by atoms with van der Waals surface area (Å²) >= 11 is 0. The molecule has 0 unspecified atom stereocenters. The Balaban J connectivity index is 1.91. The second-order valence-corrected chi connectivity index (χ2v) is 5.39. The van der Waals surface area contributed by atoms with Crippen LogP contribution in [0.4, 0.5) is 0 Å². The summed E-state index contributed by atoms with van der Waals surface area (Å²) in [6.45, 7) is 3.69. The van der Waals surface area contributed by atoms with Crippen LogP contribution in [0.5, 0.6) is 0 Å². The molecule has 3 rings (SSSR count). The molecule has 0 spiro atoms. The highest BCUT2D eigenvalue weighted by molar-refractivity contribution is 5.21. The average molecular weight is 274 g/mol. The van der Waals surface area contributed by atoms with Crippen LogP contribution in [-0.2, 0) is 9.47 Å². The van der Waals surface area contributed by atoms with E-state index in [0.717, 1.165) is 5.56 Å². The molecule has 1 aliphatic heterocycles. The molecule has 2 heterocycles. The summed E-state index contributed by atoms with van der Waals surface area (Å²) in [5.41, 5.74) is 0.980. The molecule has 2 aromatic rings. The van der Waals surface area contributed by atoms with E-state index >= 15 is 0 Å². The lowest BCUT2D eigenvalue weighted by Gasteiger charge is -2.21. The molecule has 1 N–H and O–H groups in total. The van der Waals surface area contributed by atoms with Gasteiger partial charge in [0.1, 0.15) is 24.1 Å². The Kier molecular flexibility index (Phi) is 3.38. The zero-order valence-electron chi connectivity index (χ0n) is 11.5. The first-order chi connectivity index (χ1) is 9.57. The van der Waals surface area contributed by atoms with Gasteiger partial charge >= 0.3 is 0 Å². The number of rotatable bonds is 3. The van der Waals surface area contributed by atoms with Gasteiger partial charge in [-0.05, 0) is 31.5 Å². The van der Waals surface area contributed by atoms with E-state index in [4.69, 9.17) is 13.9 Å². The van der Waals surface area contributed by atoms with Gasteiger partial charge in [-0.2, -0.15) is 0 Å². The van der Waals surface area contributed by atoms with E-state index in [-0.39, 0.29) is 6.10 Å². The van der Waals surface area contributed by atoms with E-state index in [1.54, 1.807) is 12.1 Å². The van der Waals surface area contributed by atoms with Crippen LogP contribution in [0.1, 0.15) is 37.4 Å². The third-order valence-electron chi connectivity index (χ3n) is 3.40. The summed E-state index contributed by atoms with van der Waals surface area (Å²) in [6, 6.07) is 13.3. The second kappa shape index (κ2) is 5.05. The molecule has 4 nitrogen and oxygen atoms in total. The topological polar surface area (TPSA) is 51.8 Å². The number of furan rings is 1. The zero-order chi connectivity index (χ0) is 14.2. The number of aliphatic hydroxyl groups excluding tert-OH is 1. The number of hydrogen-bond acceptors (Lipinski definition) is 4. The van der Waals surface area contributed by atoms with Crippen LogP contribution in [-0.4, -0.2) is 17.0 Å². The van der Waals surface area contributed by atoms with Crippen LogP contribution in [0.2, 0.25) is 0 Å². The maximum absolute atomic E-state index is 10.5. The fourth-order valence-electron chi connectivity index (χ4n) is 2.54. The van der Waals surface area contributed by atoms with Gasteiger partial charge in [0.15, 0.2) is 5.79 Å². The largest absolute Gasteiger partial charge is 0.466 e. The van der Waals surface area contributed by atoms with E-state index in [0.29, 0.717) is 5.76 Å². The van der Waals surface area contributed by atoms with Crippen LogP contribution in [0.25, 0.3) is 0 Å². The number of ether oxygens (including phenoxy) is 2. The van der Waals surface area contributed by atoms with Crippen molar-refractivity contribution in [1.82, 2.24) is 0 Å². The third-order valence-corrected chi connectivity index (χ3v) is 3.40. The van der Waals surface area contributed by atoms with Gasteiger partial charge in [0.2, 0.25) is 0 Å². The van der Waals surface area contributed by atoms with Gasteiger partial charge in [-0.25, -0.2) is 0 Å². The highest BCUT2D eigenvalue weighted by Gasteiger charge is 2.46. The van der Waals surface area contributed by atoms with Gasteiger partial charge in [0, 0.05) is 0 Å². The first-order valence-electron chi connectivity index (χ1n) is 6.69. The van der Waals surface area contributed by atoms with E-state index in [1.807, 2.05) is 44.2 Å². The average Bonchev–Trinajstić information content (AvgIpc) is 3.06. The van der Waals surface area contributed by atoms with Crippen molar-refractivity contribution in [2.24, 2.45) is 0 Å². The minimum atomic E-state index is -0.864. The molecular formula is C16H18O4. The standard InChI is InChI=1S/C16H18O4/c1-16(2)19-14(11-7-4-3-5-8-11)15(20-16)13(17)12-9-6-10-18-12/h3-10,13-15,17H,1-2H3/t13-,14-,15+/m1/s1. The first-order valence-corrected chi connectivity index (χ1v) is 6.69. The number of aliphatic hydroxyl groups is 1. The molecular weight excluding hydrogens is 256 g/mol. The van der Waals surface area contributed by atoms with Crippen molar-refractivity contribution in [1.29, 1.82) is 0 Å². The molecule has 0 radical (unpaired) electrons. The lowest BCUT2D eigenvalue weighted by molar-refractivity contribution is -0.157.